The normalized spacial score (nSPS) is 14.1. The Bertz CT molecular complexity index is 545. The smallest absolute Gasteiger partial charge is 0.142 e. The maximum Gasteiger partial charge on any atom is 0.142 e. The summed E-state index contributed by atoms with van der Waals surface area (Å²) in [4.78, 5) is 4.09. The van der Waals surface area contributed by atoms with E-state index in [1.165, 1.54) is 6.07 Å². The monoisotopic (exact) mass is 278 g/mol. The number of halogens is 2. The quantitative estimate of drug-likeness (QED) is 0.903. The molecule has 0 fully saturated rings. The second-order valence-corrected chi connectivity index (χ2v) is 4.98. The van der Waals surface area contributed by atoms with E-state index in [9.17, 15) is 4.39 Å². The minimum Gasteiger partial charge on any atom is -0.304 e. The predicted octanol–water partition coefficient (Wildman–Crippen LogP) is 4.29. The molecule has 0 aliphatic heterocycles. The van der Waals surface area contributed by atoms with Gasteiger partial charge in [0.1, 0.15) is 5.82 Å². The van der Waals surface area contributed by atoms with Crippen LogP contribution in [0, 0.1) is 5.82 Å². The molecule has 0 bridgehead atoms. The summed E-state index contributed by atoms with van der Waals surface area (Å²) in [7, 11) is 0. The third kappa shape index (κ3) is 3.52. The zero-order valence-corrected chi connectivity index (χ0v) is 11.7. The van der Waals surface area contributed by atoms with Crippen LogP contribution in [0.3, 0.4) is 0 Å². The van der Waals surface area contributed by atoms with Gasteiger partial charge < -0.3 is 5.32 Å². The fourth-order valence-electron chi connectivity index (χ4n) is 1.98. The summed E-state index contributed by atoms with van der Waals surface area (Å²) >= 11 is 5.68. The van der Waals surface area contributed by atoms with Crippen LogP contribution in [0.25, 0.3) is 0 Å². The van der Waals surface area contributed by atoms with E-state index in [1.807, 2.05) is 31.3 Å². The molecule has 0 aliphatic carbocycles. The molecule has 1 aromatic carbocycles. The number of aromatic nitrogens is 1. The Morgan fingerprint density at radius 1 is 1.16 bits per heavy atom. The Labute approximate surface area is 117 Å². The molecule has 2 nitrogen and oxygen atoms in total. The van der Waals surface area contributed by atoms with Crippen LogP contribution in [0.15, 0.2) is 42.7 Å². The Morgan fingerprint density at radius 2 is 1.89 bits per heavy atom. The maximum absolute atomic E-state index is 13.4. The number of hydrogen-bond donors (Lipinski definition) is 1. The van der Waals surface area contributed by atoms with Crippen molar-refractivity contribution in [3.63, 3.8) is 0 Å². The lowest BCUT2D eigenvalue weighted by Gasteiger charge is -2.20. The van der Waals surface area contributed by atoms with Gasteiger partial charge in [-0.05, 0) is 43.2 Å². The van der Waals surface area contributed by atoms with Crippen LogP contribution in [0.5, 0.6) is 0 Å². The minimum absolute atomic E-state index is 0.0296. The van der Waals surface area contributed by atoms with Gasteiger partial charge in [0.05, 0.1) is 5.02 Å². The summed E-state index contributed by atoms with van der Waals surface area (Å²) in [5, 5.41) is 3.56. The van der Waals surface area contributed by atoms with Crippen LogP contribution >= 0.6 is 11.6 Å². The van der Waals surface area contributed by atoms with E-state index in [0.717, 1.165) is 11.1 Å². The van der Waals surface area contributed by atoms with E-state index < -0.39 is 0 Å². The molecular formula is C15H16ClFN2. The molecule has 2 unspecified atom stereocenters. The van der Waals surface area contributed by atoms with Gasteiger partial charge in [-0.25, -0.2) is 4.39 Å². The van der Waals surface area contributed by atoms with E-state index >= 15 is 0 Å². The van der Waals surface area contributed by atoms with E-state index in [1.54, 1.807) is 12.3 Å². The second-order valence-electron chi connectivity index (χ2n) is 4.57. The highest BCUT2D eigenvalue weighted by molar-refractivity contribution is 6.30. The van der Waals surface area contributed by atoms with Gasteiger partial charge in [0.25, 0.3) is 0 Å². The summed E-state index contributed by atoms with van der Waals surface area (Å²) in [5.41, 5.74) is 1.97. The number of benzene rings is 1. The fourth-order valence-corrected chi connectivity index (χ4v) is 2.10. The van der Waals surface area contributed by atoms with Crippen LogP contribution in [0.2, 0.25) is 5.02 Å². The number of pyridine rings is 1. The van der Waals surface area contributed by atoms with E-state index in [0.29, 0.717) is 0 Å². The molecule has 2 aromatic rings. The van der Waals surface area contributed by atoms with E-state index in [4.69, 9.17) is 11.6 Å². The standard InChI is InChI=1S/C15H16ClFN2/c1-10(12-5-6-14(16)15(17)8-12)19-11(2)13-4-3-7-18-9-13/h3-11,19H,1-2H3. The highest BCUT2D eigenvalue weighted by Gasteiger charge is 2.12. The molecule has 2 rings (SSSR count). The molecule has 0 saturated heterocycles. The highest BCUT2D eigenvalue weighted by Crippen LogP contribution is 2.22. The van der Waals surface area contributed by atoms with Crippen molar-refractivity contribution in [1.82, 2.24) is 10.3 Å². The highest BCUT2D eigenvalue weighted by atomic mass is 35.5. The van der Waals surface area contributed by atoms with Gasteiger partial charge in [-0.15, -0.1) is 0 Å². The van der Waals surface area contributed by atoms with Gasteiger partial charge in [0.2, 0.25) is 0 Å². The van der Waals surface area contributed by atoms with Crippen LogP contribution in [-0.2, 0) is 0 Å². The number of nitrogens with zero attached hydrogens (tertiary/aromatic N) is 1. The topological polar surface area (TPSA) is 24.9 Å². The van der Waals surface area contributed by atoms with Gasteiger partial charge in [-0.1, -0.05) is 23.7 Å². The van der Waals surface area contributed by atoms with E-state index in [-0.39, 0.29) is 22.9 Å². The first-order chi connectivity index (χ1) is 9.08. The molecule has 0 radical (unpaired) electrons. The van der Waals surface area contributed by atoms with Crippen molar-refractivity contribution in [2.24, 2.45) is 0 Å². The number of hydrogen-bond acceptors (Lipinski definition) is 2. The largest absolute Gasteiger partial charge is 0.304 e. The number of nitrogens with one attached hydrogen (secondary N) is 1. The molecule has 2 atom stereocenters. The van der Waals surface area contributed by atoms with E-state index in [2.05, 4.69) is 17.2 Å². The van der Waals surface area contributed by atoms with Crippen molar-refractivity contribution in [3.05, 3.63) is 64.7 Å². The van der Waals surface area contributed by atoms with Crippen LogP contribution in [-0.4, -0.2) is 4.98 Å². The van der Waals surface area contributed by atoms with Crippen molar-refractivity contribution in [2.45, 2.75) is 25.9 Å². The first-order valence-corrected chi connectivity index (χ1v) is 6.56. The third-order valence-electron chi connectivity index (χ3n) is 3.13. The number of rotatable bonds is 4. The molecule has 1 aromatic heterocycles. The van der Waals surface area contributed by atoms with Crippen molar-refractivity contribution >= 4 is 11.6 Å². The average Bonchev–Trinajstić information content (AvgIpc) is 2.42. The molecule has 0 amide bonds. The Morgan fingerprint density at radius 3 is 2.53 bits per heavy atom. The summed E-state index contributed by atoms with van der Waals surface area (Å²) in [6, 6.07) is 8.97. The summed E-state index contributed by atoms with van der Waals surface area (Å²) < 4.78 is 13.4. The van der Waals surface area contributed by atoms with Crippen molar-refractivity contribution < 1.29 is 4.39 Å². The van der Waals surface area contributed by atoms with Crippen LogP contribution < -0.4 is 5.32 Å². The third-order valence-corrected chi connectivity index (χ3v) is 3.43. The Kier molecular flexibility index (Phi) is 4.51. The molecule has 19 heavy (non-hydrogen) atoms. The lowest BCUT2D eigenvalue weighted by atomic mass is 10.1. The summed E-state index contributed by atoms with van der Waals surface area (Å²) in [6.07, 6.45) is 3.57. The van der Waals surface area contributed by atoms with Gasteiger partial charge in [-0.3, -0.25) is 4.98 Å². The first-order valence-electron chi connectivity index (χ1n) is 6.19. The van der Waals surface area contributed by atoms with Gasteiger partial charge >= 0.3 is 0 Å². The van der Waals surface area contributed by atoms with Gasteiger partial charge in [0, 0.05) is 24.5 Å². The molecule has 0 saturated carbocycles. The molecule has 100 valence electrons. The summed E-state index contributed by atoms with van der Waals surface area (Å²) in [5.74, 6) is -0.387. The molecule has 1 heterocycles. The van der Waals surface area contributed by atoms with Crippen molar-refractivity contribution in [1.29, 1.82) is 0 Å². The molecule has 0 spiro atoms. The van der Waals surface area contributed by atoms with Crippen molar-refractivity contribution in [2.75, 3.05) is 0 Å². The second kappa shape index (κ2) is 6.13. The van der Waals surface area contributed by atoms with Crippen LogP contribution in [0.4, 0.5) is 4.39 Å². The Hall–Kier alpha value is -1.45. The van der Waals surface area contributed by atoms with Gasteiger partial charge in [-0.2, -0.15) is 0 Å². The zero-order valence-electron chi connectivity index (χ0n) is 10.9. The SMILES string of the molecule is CC(NC(C)c1ccc(Cl)c(F)c1)c1cccnc1. The molecule has 1 N–H and O–H groups in total. The molecule has 0 aliphatic rings. The first kappa shape index (κ1) is 14.0. The van der Waals surface area contributed by atoms with Crippen molar-refractivity contribution in [3.8, 4) is 0 Å². The average molecular weight is 279 g/mol. The predicted molar refractivity (Wildman–Crippen MR) is 75.6 cm³/mol. The lowest BCUT2D eigenvalue weighted by Crippen LogP contribution is -2.22. The fraction of sp³-hybridized carbons (Fsp3) is 0.267. The van der Waals surface area contributed by atoms with Crippen LogP contribution in [0.1, 0.15) is 37.1 Å². The van der Waals surface area contributed by atoms with Gasteiger partial charge in [0.15, 0.2) is 0 Å². The zero-order chi connectivity index (χ0) is 13.8. The maximum atomic E-state index is 13.4. The summed E-state index contributed by atoms with van der Waals surface area (Å²) in [6.45, 7) is 4.05. The Balaban J connectivity index is 2.08. The lowest BCUT2D eigenvalue weighted by molar-refractivity contribution is 0.491. The molecule has 4 heteroatoms. The molecular weight excluding hydrogens is 263 g/mol. The minimum atomic E-state index is -0.387.